The summed E-state index contributed by atoms with van der Waals surface area (Å²) in [5.41, 5.74) is 25.7. The van der Waals surface area contributed by atoms with Gasteiger partial charge in [0.2, 0.25) is 0 Å². The summed E-state index contributed by atoms with van der Waals surface area (Å²) in [6.45, 7) is 2.29. The SMILES string of the molecule is CCCCCCCCc1cc(Cc2ccc(Cc3ccc(N)cc3)cc2)ccc1Cc1ccc(Cc2ccc(N)cc2)cc1. The molecular weight excluding hydrogens is 532 g/mol. The Hall–Kier alpha value is -4.30. The molecule has 0 amide bonds. The van der Waals surface area contributed by atoms with E-state index in [-0.39, 0.29) is 0 Å². The monoisotopic (exact) mass is 580 g/mol. The summed E-state index contributed by atoms with van der Waals surface area (Å²) in [6, 6.07) is 41.9. The molecule has 4 N–H and O–H groups in total. The van der Waals surface area contributed by atoms with E-state index in [9.17, 15) is 0 Å². The molecule has 0 aliphatic carbocycles. The number of rotatable bonds is 15. The largest absolute Gasteiger partial charge is 0.399 e. The minimum Gasteiger partial charge on any atom is -0.399 e. The second kappa shape index (κ2) is 16.0. The molecule has 2 heteroatoms. The Kier molecular flexibility index (Phi) is 11.3. The number of hydrogen-bond acceptors (Lipinski definition) is 2. The first-order chi connectivity index (χ1) is 21.5. The molecule has 0 bridgehead atoms. The Morgan fingerprint density at radius 1 is 0.364 bits per heavy atom. The van der Waals surface area contributed by atoms with Gasteiger partial charge in [-0.2, -0.15) is 0 Å². The molecule has 5 rings (SSSR count). The van der Waals surface area contributed by atoms with Crippen molar-refractivity contribution in [1.82, 2.24) is 0 Å². The van der Waals surface area contributed by atoms with Crippen LogP contribution < -0.4 is 11.5 Å². The minimum atomic E-state index is 0.814. The van der Waals surface area contributed by atoms with Crippen molar-refractivity contribution in [2.24, 2.45) is 0 Å². The lowest BCUT2D eigenvalue weighted by Gasteiger charge is -2.14. The van der Waals surface area contributed by atoms with Crippen LogP contribution in [0.2, 0.25) is 0 Å². The van der Waals surface area contributed by atoms with Gasteiger partial charge < -0.3 is 11.5 Å². The summed E-state index contributed by atoms with van der Waals surface area (Å²) in [6.07, 6.45) is 12.9. The van der Waals surface area contributed by atoms with Crippen LogP contribution in [-0.4, -0.2) is 0 Å². The zero-order valence-electron chi connectivity index (χ0n) is 26.4. The number of hydrogen-bond donors (Lipinski definition) is 2. The van der Waals surface area contributed by atoms with Gasteiger partial charge in [-0.1, -0.05) is 130 Å². The number of benzene rings is 5. The third kappa shape index (κ3) is 9.61. The quantitative estimate of drug-likeness (QED) is 0.0956. The molecule has 0 unspecified atom stereocenters. The zero-order chi connectivity index (χ0) is 30.6. The normalized spacial score (nSPS) is 11.1. The van der Waals surface area contributed by atoms with E-state index in [1.165, 1.54) is 88.6 Å². The van der Waals surface area contributed by atoms with Crippen molar-refractivity contribution < 1.29 is 0 Å². The lowest BCUT2D eigenvalue weighted by molar-refractivity contribution is 0.606. The maximum absolute atomic E-state index is 5.86. The highest BCUT2D eigenvalue weighted by Gasteiger charge is 2.08. The molecule has 5 aromatic rings. The fourth-order valence-electron chi connectivity index (χ4n) is 6.04. The summed E-state index contributed by atoms with van der Waals surface area (Å²) in [5.74, 6) is 0. The molecule has 5 aromatic carbocycles. The Labute approximate surface area is 265 Å². The molecule has 2 nitrogen and oxygen atoms in total. The van der Waals surface area contributed by atoms with Crippen LogP contribution in [0.3, 0.4) is 0 Å². The molecule has 0 heterocycles. The van der Waals surface area contributed by atoms with Gasteiger partial charge in [0.15, 0.2) is 0 Å². The lowest BCUT2D eigenvalue weighted by atomic mass is 9.91. The van der Waals surface area contributed by atoms with Crippen molar-refractivity contribution in [3.05, 3.63) is 165 Å². The maximum Gasteiger partial charge on any atom is 0.0314 e. The second-order valence-corrected chi connectivity index (χ2v) is 12.4. The molecule has 0 aliphatic rings. The predicted molar refractivity (Wildman–Crippen MR) is 189 cm³/mol. The molecule has 0 radical (unpaired) electrons. The smallest absolute Gasteiger partial charge is 0.0314 e. The van der Waals surface area contributed by atoms with Crippen LogP contribution in [0.5, 0.6) is 0 Å². The third-order valence-corrected chi connectivity index (χ3v) is 8.70. The zero-order valence-corrected chi connectivity index (χ0v) is 26.4. The summed E-state index contributed by atoms with van der Waals surface area (Å²) in [5, 5.41) is 0. The van der Waals surface area contributed by atoms with Gasteiger partial charge in [-0.15, -0.1) is 0 Å². The average Bonchev–Trinajstić information content (AvgIpc) is 3.04. The van der Waals surface area contributed by atoms with Crippen molar-refractivity contribution in [2.45, 2.75) is 77.6 Å². The number of nitrogens with two attached hydrogens (primary N) is 2. The van der Waals surface area contributed by atoms with Crippen LogP contribution >= 0.6 is 0 Å². The summed E-state index contributed by atoms with van der Waals surface area (Å²) < 4.78 is 0. The van der Waals surface area contributed by atoms with Crippen LogP contribution in [0, 0.1) is 0 Å². The van der Waals surface area contributed by atoms with Gasteiger partial charge in [0.25, 0.3) is 0 Å². The molecule has 0 fully saturated rings. The summed E-state index contributed by atoms with van der Waals surface area (Å²) in [7, 11) is 0. The van der Waals surface area contributed by atoms with Crippen LogP contribution in [0.15, 0.2) is 115 Å². The van der Waals surface area contributed by atoms with Crippen LogP contribution in [0.4, 0.5) is 11.4 Å². The van der Waals surface area contributed by atoms with E-state index in [4.69, 9.17) is 11.5 Å². The first-order valence-corrected chi connectivity index (χ1v) is 16.5. The van der Waals surface area contributed by atoms with E-state index >= 15 is 0 Å². The van der Waals surface area contributed by atoms with Crippen LogP contribution in [0.1, 0.15) is 95.5 Å². The molecular formula is C42H48N2. The Balaban J connectivity index is 1.25. The first-order valence-electron chi connectivity index (χ1n) is 16.5. The first kappa shape index (κ1) is 31.1. The third-order valence-electron chi connectivity index (χ3n) is 8.70. The fourth-order valence-corrected chi connectivity index (χ4v) is 6.04. The van der Waals surface area contributed by atoms with Gasteiger partial charge in [0.1, 0.15) is 0 Å². The van der Waals surface area contributed by atoms with Gasteiger partial charge in [0, 0.05) is 11.4 Å². The van der Waals surface area contributed by atoms with Gasteiger partial charge in [-0.3, -0.25) is 0 Å². The molecule has 0 aliphatic heterocycles. The summed E-state index contributed by atoms with van der Waals surface area (Å²) >= 11 is 0. The van der Waals surface area contributed by atoms with Crippen LogP contribution in [0.25, 0.3) is 0 Å². The van der Waals surface area contributed by atoms with Crippen molar-refractivity contribution in [3.63, 3.8) is 0 Å². The number of aryl methyl sites for hydroxylation is 1. The van der Waals surface area contributed by atoms with Crippen LogP contribution in [-0.2, 0) is 32.1 Å². The van der Waals surface area contributed by atoms with Gasteiger partial charge >= 0.3 is 0 Å². The topological polar surface area (TPSA) is 52.0 Å². The predicted octanol–water partition coefficient (Wildman–Crippen LogP) is 10.1. The van der Waals surface area contributed by atoms with Crippen molar-refractivity contribution in [2.75, 3.05) is 11.5 Å². The molecule has 0 aromatic heterocycles. The highest BCUT2D eigenvalue weighted by molar-refractivity contribution is 5.43. The average molecular weight is 581 g/mol. The minimum absolute atomic E-state index is 0.814. The van der Waals surface area contributed by atoms with Gasteiger partial charge in [-0.25, -0.2) is 0 Å². The van der Waals surface area contributed by atoms with Crippen molar-refractivity contribution >= 4 is 11.4 Å². The standard InChI is InChI=1S/C42H48N2/c1-2-3-4-5-6-7-8-39-31-38(29-34-11-9-32(10-12-34)27-35-18-23-41(43)24-19-35)17-22-40(39)30-37-15-13-33(14-16-37)28-36-20-25-42(44)26-21-36/h9-26,31H,2-8,27-30,43-44H2,1H3. The van der Waals surface area contributed by atoms with E-state index in [1.54, 1.807) is 0 Å². The van der Waals surface area contributed by atoms with Gasteiger partial charge in [-0.05, 0) is 113 Å². The Morgan fingerprint density at radius 2 is 0.727 bits per heavy atom. The number of nitrogen functional groups attached to an aromatic ring is 2. The molecule has 0 saturated carbocycles. The highest BCUT2D eigenvalue weighted by Crippen LogP contribution is 2.23. The highest BCUT2D eigenvalue weighted by atomic mass is 14.5. The number of unbranched alkanes of at least 4 members (excludes halogenated alkanes) is 5. The van der Waals surface area contributed by atoms with Crippen molar-refractivity contribution in [3.8, 4) is 0 Å². The number of anilines is 2. The van der Waals surface area contributed by atoms with E-state index in [0.29, 0.717) is 0 Å². The molecule has 0 spiro atoms. The molecule has 226 valence electrons. The van der Waals surface area contributed by atoms with E-state index < -0.39 is 0 Å². The van der Waals surface area contributed by atoms with E-state index in [1.807, 2.05) is 24.3 Å². The van der Waals surface area contributed by atoms with Gasteiger partial charge in [0.05, 0.1) is 0 Å². The molecule has 0 atom stereocenters. The lowest BCUT2D eigenvalue weighted by Crippen LogP contribution is -2.00. The molecule has 0 saturated heterocycles. The Morgan fingerprint density at radius 3 is 1.20 bits per heavy atom. The second-order valence-electron chi connectivity index (χ2n) is 12.4. The Bertz CT molecular complexity index is 1560. The van der Waals surface area contributed by atoms with Crippen molar-refractivity contribution in [1.29, 1.82) is 0 Å². The fraction of sp³-hybridized carbons (Fsp3) is 0.286. The van der Waals surface area contributed by atoms with E-state index in [2.05, 4.69) is 97.9 Å². The maximum atomic E-state index is 5.86. The summed E-state index contributed by atoms with van der Waals surface area (Å²) in [4.78, 5) is 0. The van der Waals surface area contributed by atoms with E-state index in [0.717, 1.165) is 43.5 Å². The molecule has 44 heavy (non-hydrogen) atoms.